The molecule has 0 aliphatic carbocycles. The van der Waals surface area contributed by atoms with E-state index in [9.17, 15) is 0 Å². The first-order valence-corrected chi connectivity index (χ1v) is 6.26. The van der Waals surface area contributed by atoms with Gasteiger partial charge >= 0.3 is 0 Å². The number of methoxy groups -OCH3 is 1. The SMILES string of the molecule is CNCC1CN(C(C)C)c2ccc(OC)cc21. The molecule has 1 N–H and O–H groups in total. The number of fused-ring (bicyclic) bond motifs is 1. The van der Waals surface area contributed by atoms with Crippen LogP contribution in [0.2, 0.25) is 0 Å². The van der Waals surface area contributed by atoms with E-state index in [-0.39, 0.29) is 0 Å². The standard InChI is InChI=1S/C14H22N2O/c1-10(2)16-9-11(8-15-3)13-7-12(17-4)5-6-14(13)16/h5-7,10-11,15H,8-9H2,1-4H3. The Morgan fingerprint density at radius 1 is 1.47 bits per heavy atom. The summed E-state index contributed by atoms with van der Waals surface area (Å²) in [6, 6.07) is 6.96. The second kappa shape index (κ2) is 4.96. The maximum Gasteiger partial charge on any atom is 0.119 e. The zero-order chi connectivity index (χ0) is 12.4. The maximum atomic E-state index is 5.32. The largest absolute Gasteiger partial charge is 0.497 e. The molecule has 0 saturated carbocycles. The Kier molecular flexibility index (Phi) is 3.57. The van der Waals surface area contributed by atoms with Gasteiger partial charge in [0.1, 0.15) is 5.75 Å². The van der Waals surface area contributed by atoms with Crippen LogP contribution in [0.5, 0.6) is 5.75 Å². The molecule has 1 aromatic carbocycles. The van der Waals surface area contributed by atoms with Gasteiger partial charge in [0.15, 0.2) is 0 Å². The van der Waals surface area contributed by atoms with Gasteiger partial charge in [0.2, 0.25) is 0 Å². The summed E-state index contributed by atoms with van der Waals surface area (Å²) in [5, 5.41) is 3.28. The highest BCUT2D eigenvalue weighted by Gasteiger charge is 2.29. The minimum atomic E-state index is 0.545. The molecule has 0 amide bonds. The average molecular weight is 234 g/mol. The summed E-state index contributed by atoms with van der Waals surface area (Å²) in [6.07, 6.45) is 0. The molecule has 3 nitrogen and oxygen atoms in total. The fraction of sp³-hybridized carbons (Fsp3) is 0.571. The topological polar surface area (TPSA) is 24.5 Å². The van der Waals surface area contributed by atoms with Crippen molar-refractivity contribution in [3.8, 4) is 5.75 Å². The molecule has 2 rings (SSSR count). The minimum absolute atomic E-state index is 0.545. The summed E-state index contributed by atoms with van der Waals surface area (Å²) >= 11 is 0. The molecule has 1 heterocycles. The Balaban J connectivity index is 2.36. The van der Waals surface area contributed by atoms with Gasteiger partial charge in [-0.2, -0.15) is 0 Å². The van der Waals surface area contributed by atoms with Gasteiger partial charge in [-0.3, -0.25) is 0 Å². The lowest BCUT2D eigenvalue weighted by Gasteiger charge is -2.24. The molecule has 0 bridgehead atoms. The van der Waals surface area contributed by atoms with Crippen LogP contribution in [0.4, 0.5) is 5.69 Å². The highest BCUT2D eigenvalue weighted by molar-refractivity contribution is 5.63. The average Bonchev–Trinajstić information content (AvgIpc) is 2.68. The molecule has 1 aliphatic rings. The van der Waals surface area contributed by atoms with Gasteiger partial charge in [0.25, 0.3) is 0 Å². The number of benzene rings is 1. The van der Waals surface area contributed by atoms with Crippen molar-refractivity contribution in [2.75, 3.05) is 32.1 Å². The van der Waals surface area contributed by atoms with Crippen molar-refractivity contribution in [2.45, 2.75) is 25.8 Å². The highest BCUT2D eigenvalue weighted by Crippen LogP contribution is 2.39. The molecule has 0 spiro atoms. The van der Waals surface area contributed by atoms with Crippen LogP contribution in [0.25, 0.3) is 0 Å². The van der Waals surface area contributed by atoms with Crippen LogP contribution in [0.1, 0.15) is 25.3 Å². The Hall–Kier alpha value is -1.22. The van der Waals surface area contributed by atoms with E-state index in [2.05, 4.69) is 42.3 Å². The van der Waals surface area contributed by atoms with Crippen molar-refractivity contribution in [2.24, 2.45) is 0 Å². The predicted molar refractivity (Wildman–Crippen MR) is 72.1 cm³/mol. The van der Waals surface area contributed by atoms with Crippen molar-refractivity contribution in [3.05, 3.63) is 23.8 Å². The van der Waals surface area contributed by atoms with E-state index in [1.165, 1.54) is 11.3 Å². The van der Waals surface area contributed by atoms with Crippen LogP contribution in [0.15, 0.2) is 18.2 Å². The number of hydrogen-bond acceptors (Lipinski definition) is 3. The Morgan fingerprint density at radius 2 is 2.24 bits per heavy atom. The number of rotatable bonds is 4. The second-order valence-corrected chi connectivity index (χ2v) is 4.93. The first-order chi connectivity index (χ1) is 8.17. The summed E-state index contributed by atoms with van der Waals surface area (Å²) in [5.41, 5.74) is 2.77. The number of nitrogens with zero attached hydrogens (tertiary/aromatic N) is 1. The fourth-order valence-electron chi connectivity index (χ4n) is 2.59. The summed E-state index contributed by atoms with van der Waals surface area (Å²) in [5.74, 6) is 1.52. The Bertz CT molecular complexity index is 390. The monoisotopic (exact) mass is 234 g/mol. The van der Waals surface area contributed by atoms with E-state index in [4.69, 9.17) is 4.74 Å². The van der Waals surface area contributed by atoms with Gasteiger partial charge in [-0.25, -0.2) is 0 Å². The van der Waals surface area contributed by atoms with Crippen LogP contribution >= 0.6 is 0 Å². The lowest BCUT2D eigenvalue weighted by atomic mass is 10.0. The van der Waals surface area contributed by atoms with Gasteiger partial charge in [0, 0.05) is 30.7 Å². The maximum absolute atomic E-state index is 5.32. The summed E-state index contributed by atoms with van der Waals surface area (Å²) in [7, 11) is 3.74. The first kappa shape index (κ1) is 12.2. The highest BCUT2D eigenvalue weighted by atomic mass is 16.5. The lowest BCUT2D eigenvalue weighted by molar-refractivity contribution is 0.414. The summed E-state index contributed by atoms with van der Waals surface area (Å²) in [4.78, 5) is 2.47. The normalized spacial score (nSPS) is 18.6. The van der Waals surface area contributed by atoms with Crippen LogP contribution in [-0.2, 0) is 0 Å². The molecule has 17 heavy (non-hydrogen) atoms. The second-order valence-electron chi connectivity index (χ2n) is 4.93. The van der Waals surface area contributed by atoms with Crippen molar-refractivity contribution in [1.29, 1.82) is 0 Å². The van der Waals surface area contributed by atoms with E-state index in [1.807, 2.05) is 7.05 Å². The van der Waals surface area contributed by atoms with E-state index in [1.54, 1.807) is 7.11 Å². The third-order valence-electron chi connectivity index (χ3n) is 3.47. The molecule has 94 valence electrons. The van der Waals surface area contributed by atoms with Gasteiger partial charge in [-0.15, -0.1) is 0 Å². The van der Waals surface area contributed by atoms with Crippen molar-refractivity contribution < 1.29 is 4.74 Å². The molecule has 0 fully saturated rings. The van der Waals surface area contributed by atoms with E-state index in [0.717, 1.165) is 18.8 Å². The predicted octanol–water partition coefficient (Wildman–Crippen LogP) is 2.23. The number of hydrogen-bond donors (Lipinski definition) is 1. The molecule has 1 atom stereocenters. The molecule has 0 radical (unpaired) electrons. The van der Waals surface area contributed by atoms with Crippen LogP contribution in [0, 0.1) is 0 Å². The van der Waals surface area contributed by atoms with Crippen LogP contribution in [0.3, 0.4) is 0 Å². The number of nitrogens with one attached hydrogen (secondary N) is 1. The van der Waals surface area contributed by atoms with Crippen LogP contribution in [-0.4, -0.2) is 33.3 Å². The number of anilines is 1. The summed E-state index contributed by atoms with van der Waals surface area (Å²) in [6.45, 7) is 6.61. The fourth-order valence-corrected chi connectivity index (χ4v) is 2.59. The molecular formula is C14H22N2O. The van der Waals surface area contributed by atoms with Gasteiger partial charge in [-0.1, -0.05) is 0 Å². The smallest absolute Gasteiger partial charge is 0.119 e. The van der Waals surface area contributed by atoms with Crippen LogP contribution < -0.4 is 15.0 Å². The molecule has 1 unspecified atom stereocenters. The van der Waals surface area contributed by atoms with E-state index >= 15 is 0 Å². The van der Waals surface area contributed by atoms with Gasteiger partial charge in [-0.05, 0) is 44.7 Å². The van der Waals surface area contributed by atoms with E-state index in [0.29, 0.717) is 12.0 Å². The molecule has 0 saturated heterocycles. The molecule has 3 heteroatoms. The lowest BCUT2D eigenvalue weighted by Crippen LogP contribution is -2.31. The quantitative estimate of drug-likeness (QED) is 0.864. The molecule has 1 aliphatic heterocycles. The third-order valence-corrected chi connectivity index (χ3v) is 3.47. The zero-order valence-electron chi connectivity index (χ0n) is 11.2. The van der Waals surface area contributed by atoms with Gasteiger partial charge < -0.3 is 15.0 Å². The number of likely N-dealkylation sites (N-methyl/N-ethyl adjacent to an activating group) is 1. The van der Waals surface area contributed by atoms with Gasteiger partial charge in [0.05, 0.1) is 7.11 Å². The molecular weight excluding hydrogens is 212 g/mol. The first-order valence-electron chi connectivity index (χ1n) is 6.26. The molecule has 1 aromatic rings. The van der Waals surface area contributed by atoms with Crippen molar-refractivity contribution >= 4 is 5.69 Å². The van der Waals surface area contributed by atoms with Crippen molar-refractivity contribution in [3.63, 3.8) is 0 Å². The Labute approximate surface area is 104 Å². The molecule has 0 aromatic heterocycles. The summed E-state index contributed by atoms with van der Waals surface area (Å²) < 4.78 is 5.32. The number of ether oxygens (including phenoxy) is 1. The van der Waals surface area contributed by atoms with Crippen molar-refractivity contribution in [1.82, 2.24) is 5.32 Å². The Morgan fingerprint density at radius 3 is 2.82 bits per heavy atom. The third kappa shape index (κ3) is 2.25. The minimum Gasteiger partial charge on any atom is -0.497 e. The van der Waals surface area contributed by atoms with E-state index < -0.39 is 0 Å². The zero-order valence-corrected chi connectivity index (χ0v) is 11.2.